The number of rotatable bonds is 0. The molecule has 5 nitrogen and oxygen atoms in total. The predicted molar refractivity (Wildman–Crippen MR) is 168 cm³/mol. The van der Waals surface area contributed by atoms with Gasteiger partial charge in [0.2, 0.25) is 0 Å². The first-order chi connectivity index (χ1) is 18.9. The first-order valence-corrected chi connectivity index (χ1v) is 17.7. The minimum Gasteiger partial charge on any atom is -0.311 e. The van der Waals surface area contributed by atoms with Crippen molar-refractivity contribution in [3.05, 3.63) is 0 Å². The molecule has 10 bridgehead atoms. The van der Waals surface area contributed by atoms with Gasteiger partial charge in [0.25, 0.3) is 0 Å². The minimum absolute atomic E-state index is 0.635. The van der Waals surface area contributed by atoms with Crippen LogP contribution in [-0.4, -0.2) is 60.4 Å². The molecular formula is C35H65N5. The second-order valence-corrected chi connectivity index (χ2v) is 16.7. The van der Waals surface area contributed by atoms with Crippen molar-refractivity contribution < 1.29 is 0 Å². The maximum Gasteiger partial charge on any atom is 0.0113 e. The Bertz CT molecular complexity index is 657. The molecule has 6 aliphatic rings. The molecule has 0 aliphatic carbocycles. The van der Waals surface area contributed by atoms with E-state index in [4.69, 9.17) is 0 Å². The van der Waals surface area contributed by atoms with Crippen molar-refractivity contribution in [3.63, 3.8) is 0 Å². The average Bonchev–Trinajstić information content (AvgIpc) is 3.61. The lowest BCUT2D eigenvalue weighted by Crippen LogP contribution is -2.45. The summed E-state index contributed by atoms with van der Waals surface area (Å²) in [6.45, 7) is 25.3. The standard InChI is InChI=1S/C35H65N5/c1-16-17(2)27-12-29-20(5)21(6)31(38-29)14-33-24(9)25(10)35(40-33)15-34-23(8)22(7)32(39-34)13-30-19(4)18(3)28(37-30)11-26(16)36-27/h16-40H,11-15H2,1-10H3. The highest BCUT2D eigenvalue weighted by Gasteiger charge is 2.49. The summed E-state index contributed by atoms with van der Waals surface area (Å²) < 4.78 is 0. The van der Waals surface area contributed by atoms with E-state index in [1.165, 1.54) is 32.1 Å². The fourth-order valence-electron chi connectivity index (χ4n) is 10.8. The van der Waals surface area contributed by atoms with Gasteiger partial charge in [0.1, 0.15) is 0 Å². The summed E-state index contributed by atoms with van der Waals surface area (Å²) in [4.78, 5) is 0. The minimum atomic E-state index is 0.635. The van der Waals surface area contributed by atoms with Crippen LogP contribution in [0.5, 0.6) is 0 Å². The number of nitrogens with one attached hydrogen (secondary N) is 5. The molecule has 40 heavy (non-hydrogen) atoms. The van der Waals surface area contributed by atoms with Gasteiger partial charge >= 0.3 is 0 Å². The Kier molecular flexibility index (Phi) is 8.49. The average molecular weight is 556 g/mol. The fourth-order valence-corrected chi connectivity index (χ4v) is 10.8. The normalized spacial score (nSPS) is 60.8. The molecule has 20 unspecified atom stereocenters. The van der Waals surface area contributed by atoms with Crippen LogP contribution in [0.2, 0.25) is 0 Å². The van der Waals surface area contributed by atoms with Gasteiger partial charge in [-0.05, 0) is 91.3 Å². The predicted octanol–water partition coefficient (Wildman–Crippen LogP) is 5.01. The summed E-state index contributed by atoms with van der Waals surface area (Å²) in [5, 5.41) is 21.1. The fraction of sp³-hybridized carbons (Fsp3) is 1.00. The molecule has 0 amide bonds. The van der Waals surface area contributed by atoms with Crippen LogP contribution in [-0.2, 0) is 0 Å². The zero-order valence-electron chi connectivity index (χ0n) is 27.6. The smallest absolute Gasteiger partial charge is 0.0113 e. The lowest BCUT2D eigenvalue weighted by atomic mass is 9.81. The van der Waals surface area contributed by atoms with Crippen molar-refractivity contribution in [3.8, 4) is 0 Å². The third kappa shape index (κ3) is 5.14. The van der Waals surface area contributed by atoms with Gasteiger partial charge in [-0.3, -0.25) is 0 Å². The van der Waals surface area contributed by atoms with Gasteiger partial charge in [-0.2, -0.15) is 0 Å². The molecule has 0 aromatic carbocycles. The molecule has 6 saturated heterocycles. The Morgan fingerprint density at radius 1 is 0.225 bits per heavy atom. The van der Waals surface area contributed by atoms with Crippen LogP contribution < -0.4 is 26.6 Å². The Labute approximate surface area is 247 Å². The molecule has 0 radical (unpaired) electrons. The van der Waals surface area contributed by atoms with Crippen LogP contribution in [0.1, 0.15) is 101 Å². The van der Waals surface area contributed by atoms with Crippen molar-refractivity contribution in [2.45, 2.75) is 162 Å². The third-order valence-electron chi connectivity index (χ3n) is 15.2. The van der Waals surface area contributed by atoms with Crippen LogP contribution in [0, 0.1) is 59.2 Å². The second kappa shape index (κ2) is 11.4. The third-order valence-corrected chi connectivity index (χ3v) is 15.2. The highest BCUT2D eigenvalue weighted by Crippen LogP contribution is 2.42. The van der Waals surface area contributed by atoms with E-state index in [0.29, 0.717) is 60.4 Å². The van der Waals surface area contributed by atoms with E-state index >= 15 is 0 Å². The highest BCUT2D eigenvalue weighted by atomic mass is 15.1. The molecule has 0 aromatic rings. The summed E-state index contributed by atoms with van der Waals surface area (Å²) in [5.41, 5.74) is 0. The first kappa shape index (κ1) is 29.9. The van der Waals surface area contributed by atoms with E-state index in [9.17, 15) is 0 Å². The molecule has 6 aliphatic heterocycles. The van der Waals surface area contributed by atoms with Gasteiger partial charge in [0.05, 0.1) is 0 Å². The molecule has 0 spiro atoms. The zero-order chi connectivity index (χ0) is 28.6. The second-order valence-electron chi connectivity index (χ2n) is 16.7. The molecule has 5 N–H and O–H groups in total. The quantitative estimate of drug-likeness (QED) is 0.291. The van der Waals surface area contributed by atoms with Gasteiger partial charge in [-0.1, -0.05) is 69.2 Å². The largest absolute Gasteiger partial charge is 0.311 e. The van der Waals surface area contributed by atoms with Crippen molar-refractivity contribution in [1.82, 2.24) is 26.6 Å². The zero-order valence-corrected chi connectivity index (χ0v) is 27.6. The van der Waals surface area contributed by atoms with E-state index in [0.717, 1.165) is 59.2 Å². The molecule has 6 fully saturated rings. The van der Waals surface area contributed by atoms with E-state index in [-0.39, 0.29) is 0 Å². The molecule has 6 heterocycles. The Morgan fingerprint density at radius 3 is 0.425 bits per heavy atom. The van der Waals surface area contributed by atoms with Crippen molar-refractivity contribution >= 4 is 0 Å². The van der Waals surface area contributed by atoms with Crippen LogP contribution in [0.25, 0.3) is 0 Å². The highest BCUT2D eigenvalue weighted by molar-refractivity contribution is 5.07. The number of fused-ring (bicyclic) bond motifs is 10. The molecule has 230 valence electrons. The topological polar surface area (TPSA) is 60.1 Å². The molecule has 0 aromatic heterocycles. The van der Waals surface area contributed by atoms with Gasteiger partial charge < -0.3 is 26.6 Å². The Hall–Kier alpha value is -0.200. The van der Waals surface area contributed by atoms with Gasteiger partial charge in [-0.15, -0.1) is 0 Å². The molecule has 6 rings (SSSR count). The summed E-state index contributed by atoms with van der Waals surface area (Å²) in [6, 6.07) is 6.35. The van der Waals surface area contributed by atoms with Crippen molar-refractivity contribution in [2.75, 3.05) is 0 Å². The summed E-state index contributed by atoms with van der Waals surface area (Å²) in [6.07, 6.45) is 6.43. The van der Waals surface area contributed by atoms with Crippen LogP contribution in [0.3, 0.4) is 0 Å². The van der Waals surface area contributed by atoms with E-state index < -0.39 is 0 Å². The van der Waals surface area contributed by atoms with E-state index in [1.807, 2.05) is 0 Å². The summed E-state index contributed by atoms with van der Waals surface area (Å²) in [5.74, 6) is 7.43. The Balaban J connectivity index is 1.26. The van der Waals surface area contributed by atoms with Crippen molar-refractivity contribution in [1.29, 1.82) is 0 Å². The van der Waals surface area contributed by atoms with Gasteiger partial charge in [0.15, 0.2) is 0 Å². The first-order valence-electron chi connectivity index (χ1n) is 17.7. The van der Waals surface area contributed by atoms with Crippen molar-refractivity contribution in [2.24, 2.45) is 59.2 Å². The summed E-state index contributed by atoms with van der Waals surface area (Å²) >= 11 is 0. The van der Waals surface area contributed by atoms with E-state index in [1.54, 1.807) is 0 Å². The maximum atomic E-state index is 4.22. The van der Waals surface area contributed by atoms with Gasteiger partial charge in [-0.25, -0.2) is 0 Å². The SMILES string of the molecule is CC1C2CC3NC(CC4NC(CC5NC(CC6NC(CC(N2)C1C)C(C)C6C)C(C)C5C)C(C)C4C)C(C)C3C. The number of hydrogen-bond acceptors (Lipinski definition) is 5. The van der Waals surface area contributed by atoms with Gasteiger partial charge in [0, 0.05) is 60.4 Å². The van der Waals surface area contributed by atoms with Crippen LogP contribution in [0.4, 0.5) is 0 Å². The molecule has 5 heteroatoms. The molecule has 0 saturated carbocycles. The Morgan fingerprint density at radius 2 is 0.325 bits per heavy atom. The van der Waals surface area contributed by atoms with Crippen LogP contribution >= 0.6 is 0 Å². The monoisotopic (exact) mass is 556 g/mol. The molecular weight excluding hydrogens is 490 g/mol. The molecule has 20 atom stereocenters. The lowest BCUT2D eigenvalue weighted by molar-refractivity contribution is 0.315. The number of hydrogen-bond donors (Lipinski definition) is 5. The summed E-state index contributed by atoms with van der Waals surface area (Å²) in [7, 11) is 0. The van der Waals surface area contributed by atoms with E-state index in [2.05, 4.69) is 95.8 Å². The lowest BCUT2D eigenvalue weighted by Gasteiger charge is -2.26. The van der Waals surface area contributed by atoms with Crippen LogP contribution in [0.15, 0.2) is 0 Å². The maximum absolute atomic E-state index is 4.22.